The number of nitrogens with one attached hydrogen (secondary N) is 1. The second-order valence-electron chi connectivity index (χ2n) is 7.32. The Hall–Kier alpha value is -2.58. The molecule has 1 atom stereocenters. The van der Waals surface area contributed by atoms with Crippen molar-refractivity contribution >= 4 is 17.2 Å². The summed E-state index contributed by atoms with van der Waals surface area (Å²) in [4.78, 5) is 20.3. The number of benzene rings is 1. The third-order valence-electron chi connectivity index (χ3n) is 5.26. The summed E-state index contributed by atoms with van der Waals surface area (Å²) in [6.07, 6.45) is 1.57. The van der Waals surface area contributed by atoms with Gasteiger partial charge in [0.05, 0.1) is 17.5 Å². The average molecular weight is 415 g/mol. The molecule has 8 heteroatoms. The molecule has 1 aliphatic heterocycles. The van der Waals surface area contributed by atoms with Gasteiger partial charge in [0, 0.05) is 5.92 Å². The molecule has 3 heterocycles. The average Bonchev–Trinajstić information content (AvgIpc) is 3.41. The summed E-state index contributed by atoms with van der Waals surface area (Å²) in [5.74, 6) is 0.987. The minimum Gasteiger partial charge on any atom is -0.349 e. The number of aromatic nitrogens is 2. The predicted molar refractivity (Wildman–Crippen MR) is 109 cm³/mol. The monoisotopic (exact) mass is 414 g/mol. The first-order valence-corrected chi connectivity index (χ1v) is 10.6. The first-order chi connectivity index (χ1) is 14.1. The van der Waals surface area contributed by atoms with Gasteiger partial charge in [-0.3, -0.25) is 9.69 Å². The second kappa shape index (κ2) is 8.84. The van der Waals surface area contributed by atoms with E-state index >= 15 is 0 Å². The van der Waals surface area contributed by atoms with Crippen LogP contribution in [0.1, 0.15) is 37.3 Å². The molecule has 1 saturated heterocycles. The molecule has 1 N–H and O–H groups in total. The molecule has 2 aromatic heterocycles. The van der Waals surface area contributed by atoms with E-state index in [0.717, 1.165) is 36.4 Å². The Morgan fingerprint density at radius 2 is 2.07 bits per heavy atom. The molecular weight excluding hydrogens is 391 g/mol. The number of amides is 1. The highest BCUT2D eigenvalue weighted by molar-refractivity contribution is 7.13. The molecule has 1 aromatic carbocycles. The van der Waals surface area contributed by atoms with Crippen molar-refractivity contribution in [3.05, 3.63) is 59.0 Å². The molecule has 3 aromatic rings. The van der Waals surface area contributed by atoms with Crippen LogP contribution >= 0.6 is 11.3 Å². The van der Waals surface area contributed by atoms with Crippen molar-refractivity contribution in [1.82, 2.24) is 20.4 Å². The Morgan fingerprint density at radius 1 is 1.31 bits per heavy atom. The standard InChI is InChI=1S/C21H23FN4O2S/c1-14(15-4-6-17(22)7-5-15)23-21(27)16-8-10-26(11-9-16)13-19-24-20(25-28-19)18-3-2-12-29-18/h2-7,12,14,16H,8-11,13H2,1H3,(H,23,27). The smallest absolute Gasteiger partial charge is 0.241 e. The van der Waals surface area contributed by atoms with Crippen molar-refractivity contribution < 1.29 is 13.7 Å². The lowest BCUT2D eigenvalue weighted by Gasteiger charge is -2.30. The summed E-state index contributed by atoms with van der Waals surface area (Å²) in [7, 11) is 0. The van der Waals surface area contributed by atoms with Crippen LogP contribution in [-0.2, 0) is 11.3 Å². The van der Waals surface area contributed by atoms with E-state index in [-0.39, 0.29) is 23.7 Å². The van der Waals surface area contributed by atoms with E-state index in [2.05, 4.69) is 20.4 Å². The number of hydrogen-bond acceptors (Lipinski definition) is 6. The molecule has 6 nitrogen and oxygen atoms in total. The van der Waals surface area contributed by atoms with Crippen molar-refractivity contribution in [2.75, 3.05) is 13.1 Å². The number of piperidine rings is 1. The number of likely N-dealkylation sites (tertiary alicyclic amines) is 1. The van der Waals surface area contributed by atoms with Crippen molar-refractivity contribution in [2.24, 2.45) is 5.92 Å². The predicted octanol–water partition coefficient (Wildman–Crippen LogP) is 4.03. The van der Waals surface area contributed by atoms with Gasteiger partial charge in [0.2, 0.25) is 17.6 Å². The van der Waals surface area contributed by atoms with Crippen LogP contribution in [0.4, 0.5) is 4.39 Å². The van der Waals surface area contributed by atoms with Gasteiger partial charge in [0.15, 0.2) is 0 Å². The van der Waals surface area contributed by atoms with Crippen molar-refractivity contribution in [2.45, 2.75) is 32.4 Å². The van der Waals surface area contributed by atoms with Gasteiger partial charge in [-0.25, -0.2) is 4.39 Å². The Bertz CT molecular complexity index is 934. The van der Waals surface area contributed by atoms with Crippen LogP contribution in [0.5, 0.6) is 0 Å². The normalized spacial score (nSPS) is 16.6. The molecule has 0 aliphatic carbocycles. The van der Waals surface area contributed by atoms with Gasteiger partial charge in [-0.2, -0.15) is 4.98 Å². The number of nitrogens with zero attached hydrogens (tertiary/aromatic N) is 3. The maximum atomic E-state index is 13.1. The highest BCUT2D eigenvalue weighted by Gasteiger charge is 2.27. The highest BCUT2D eigenvalue weighted by Crippen LogP contribution is 2.24. The molecule has 1 amide bonds. The van der Waals surface area contributed by atoms with Gasteiger partial charge in [-0.05, 0) is 62.0 Å². The number of carbonyl (C=O) groups is 1. The maximum absolute atomic E-state index is 13.1. The third kappa shape index (κ3) is 4.89. The Labute approximate surface area is 172 Å². The molecule has 0 radical (unpaired) electrons. The zero-order valence-electron chi connectivity index (χ0n) is 16.2. The molecule has 1 fully saturated rings. The Balaban J connectivity index is 1.25. The summed E-state index contributed by atoms with van der Waals surface area (Å²) in [6.45, 7) is 4.12. The van der Waals surface area contributed by atoms with Crippen LogP contribution in [-0.4, -0.2) is 34.0 Å². The van der Waals surface area contributed by atoms with E-state index in [1.54, 1.807) is 23.5 Å². The number of thiophene rings is 1. The van der Waals surface area contributed by atoms with Gasteiger partial charge in [-0.1, -0.05) is 23.4 Å². The third-order valence-corrected chi connectivity index (χ3v) is 6.12. The minimum atomic E-state index is -0.275. The number of halogens is 1. The van der Waals surface area contributed by atoms with Crippen LogP contribution in [0, 0.1) is 11.7 Å². The highest BCUT2D eigenvalue weighted by atomic mass is 32.1. The lowest BCUT2D eigenvalue weighted by atomic mass is 9.95. The van der Waals surface area contributed by atoms with E-state index in [4.69, 9.17) is 4.52 Å². The lowest BCUT2D eigenvalue weighted by molar-refractivity contribution is -0.127. The SMILES string of the molecule is CC(NC(=O)C1CCN(Cc2nc(-c3cccs3)no2)CC1)c1ccc(F)cc1. The fourth-order valence-corrected chi connectivity index (χ4v) is 4.18. The van der Waals surface area contributed by atoms with Crippen molar-refractivity contribution in [3.8, 4) is 10.7 Å². The molecule has 0 spiro atoms. The summed E-state index contributed by atoms with van der Waals surface area (Å²) >= 11 is 1.58. The first-order valence-electron chi connectivity index (χ1n) is 9.73. The lowest BCUT2D eigenvalue weighted by Crippen LogP contribution is -2.40. The first kappa shape index (κ1) is 19.7. The van der Waals surface area contributed by atoms with Gasteiger partial charge >= 0.3 is 0 Å². The molecule has 1 aliphatic rings. The maximum Gasteiger partial charge on any atom is 0.241 e. The van der Waals surface area contributed by atoms with Gasteiger partial charge in [0.25, 0.3) is 0 Å². The molecule has 152 valence electrons. The van der Waals surface area contributed by atoms with E-state index < -0.39 is 0 Å². The van der Waals surface area contributed by atoms with E-state index in [1.807, 2.05) is 24.4 Å². The summed E-state index contributed by atoms with van der Waals surface area (Å²) in [5, 5.41) is 9.08. The van der Waals surface area contributed by atoms with E-state index in [1.165, 1.54) is 12.1 Å². The number of carbonyl (C=O) groups excluding carboxylic acids is 1. The van der Waals surface area contributed by atoms with Crippen LogP contribution in [0.15, 0.2) is 46.3 Å². The van der Waals surface area contributed by atoms with Gasteiger partial charge < -0.3 is 9.84 Å². The quantitative estimate of drug-likeness (QED) is 0.660. The van der Waals surface area contributed by atoms with Crippen LogP contribution < -0.4 is 5.32 Å². The largest absolute Gasteiger partial charge is 0.349 e. The second-order valence-corrected chi connectivity index (χ2v) is 8.27. The van der Waals surface area contributed by atoms with Crippen LogP contribution in [0.3, 0.4) is 0 Å². The van der Waals surface area contributed by atoms with Gasteiger partial charge in [-0.15, -0.1) is 11.3 Å². The Kier molecular flexibility index (Phi) is 6.01. The topological polar surface area (TPSA) is 71.3 Å². The van der Waals surface area contributed by atoms with Crippen molar-refractivity contribution in [1.29, 1.82) is 0 Å². The summed E-state index contributed by atoms with van der Waals surface area (Å²) in [5.41, 5.74) is 0.898. The van der Waals surface area contributed by atoms with E-state index in [9.17, 15) is 9.18 Å². The van der Waals surface area contributed by atoms with Crippen molar-refractivity contribution in [3.63, 3.8) is 0 Å². The number of hydrogen-bond donors (Lipinski definition) is 1. The van der Waals surface area contributed by atoms with Gasteiger partial charge in [0.1, 0.15) is 5.82 Å². The fourth-order valence-electron chi connectivity index (χ4n) is 3.54. The Morgan fingerprint density at radius 3 is 2.76 bits per heavy atom. The van der Waals surface area contributed by atoms with E-state index in [0.29, 0.717) is 18.3 Å². The molecule has 4 rings (SSSR count). The zero-order valence-corrected chi connectivity index (χ0v) is 17.0. The fraction of sp³-hybridized carbons (Fsp3) is 0.381. The minimum absolute atomic E-state index is 0.0153. The van der Waals surface area contributed by atoms with Crippen LogP contribution in [0.2, 0.25) is 0 Å². The molecular formula is C21H23FN4O2S. The molecule has 1 unspecified atom stereocenters. The summed E-state index contributed by atoms with van der Waals surface area (Å²) in [6, 6.07) is 10.0. The molecule has 29 heavy (non-hydrogen) atoms. The zero-order chi connectivity index (χ0) is 20.2. The summed E-state index contributed by atoms with van der Waals surface area (Å²) < 4.78 is 18.4. The molecule has 0 bridgehead atoms. The number of rotatable bonds is 6. The van der Waals surface area contributed by atoms with Crippen LogP contribution in [0.25, 0.3) is 10.7 Å². The molecule has 0 saturated carbocycles.